The van der Waals surface area contributed by atoms with Gasteiger partial charge in [0, 0.05) is 5.33 Å². The van der Waals surface area contributed by atoms with Gasteiger partial charge in [-0.25, -0.2) is 0 Å². The first-order valence-corrected chi connectivity index (χ1v) is 5.15. The molecule has 0 saturated heterocycles. The third-order valence-electron chi connectivity index (χ3n) is 0.442. The number of halogens is 6. The normalized spacial score (nSPS) is 20.6. The Balaban J connectivity index is 4.58. The predicted octanol–water partition coefficient (Wildman–Crippen LogP) is 4.19. The van der Waals surface area contributed by atoms with Crippen molar-refractivity contribution in [2.45, 2.75) is 0 Å². The second-order valence-corrected chi connectivity index (χ2v) is 4.53. The Morgan fingerprint density at radius 3 is 1.60 bits per heavy atom. The Morgan fingerprint density at radius 1 is 1.10 bits per heavy atom. The number of hydrogen-bond acceptors (Lipinski definition) is 0. The molecule has 0 aromatic rings. The van der Waals surface area contributed by atoms with Crippen LogP contribution in [0.5, 0.6) is 0 Å². The van der Waals surface area contributed by atoms with Crippen LogP contribution in [-0.2, 0) is 0 Å². The SMILES string of the molecule is FS(F)(F)(F)(F)/C=C/CBr. The highest BCUT2D eigenvalue weighted by atomic mass is 79.9. The van der Waals surface area contributed by atoms with Crippen molar-refractivity contribution in [1.82, 2.24) is 0 Å². The lowest BCUT2D eigenvalue weighted by Crippen LogP contribution is -1.98. The summed E-state index contributed by atoms with van der Waals surface area (Å²) in [5, 5.41) is -1.21. The lowest BCUT2D eigenvalue weighted by Gasteiger charge is -2.36. The van der Waals surface area contributed by atoms with E-state index in [1.54, 1.807) is 0 Å². The molecule has 0 nitrogen and oxygen atoms in total. The van der Waals surface area contributed by atoms with E-state index < -0.39 is 15.6 Å². The van der Waals surface area contributed by atoms with E-state index in [4.69, 9.17) is 0 Å². The van der Waals surface area contributed by atoms with Gasteiger partial charge in [0.25, 0.3) is 0 Å². The van der Waals surface area contributed by atoms with Crippen molar-refractivity contribution in [3.63, 3.8) is 0 Å². The zero-order valence-electron chi connectivity index (χ0n) is 4.54. The van der Waals surface area contributed by atoms with Crippen LogP contribution in [0.15, 0.2) is 11.5 Å². The summed E-state index contributed by atoms with van der Waals surface area (Å²) >= 11 is 2.55. The second-order valence-electron chi connectivity index (χ2n) is 1.55. The summed E-state index contributed by atoms with van der Waals surface area (Å²) in [6.07, 6.45) is 0.321. The van der Waals surface area contributed by atoms with Gasteiger partial charge in [0.1, 0.15) is 0 Å². The number of rotatable bonds is 2. The number of allylic oxidation sites excluding steroid dienone is 1. The van der Waals surface area contributed by atoms with E-state index >= 15 is 0 Å². The van der Waals surface area contributed by atoms with Gasteiger partial charge in [0.05, 0.1) is 5.41 Å². The maximum absolute atomic E-state index is 11.3. The average molecular weight is 247 g/mol. The third kappa shape index (κ3) is 8.22. The van der Waals surface area contributed by atoms with Crippen molar-refractivity contribution in [2.24, 2.45) is 0 Å². The molecule has 0 heterocycles. The zero-order valence-corrected chi connectivity index (χ0v) is 6.94. The standard InChI is InChI=1S/C3H4BrF5S/c4-2-1-3-10(5,6,7,8)9/h1,3H,2H2/b3-1+. The van der Waals surface area contributed by atoms with Gasteiger partial charge < -0.3 is 0 Å². The third-order valence-corrected chi connectivity index (χ3v) is 1.52. The van der Waals surface area contributed by atoms with Crippen molar-refractivity contribution in [2.75, 3.05) is 5.33 Å². The van der Waals surface area contributed by atoms with Gasteiger partial charge in [-0.2, -0.15) is 0 Å². The van der Waals surface area contributed by atoms with Gasteiger partial charge in [-0.1, -0.05) is 41.4 Å². The molecule has 0 atom stereocenters. The highest BCUT2D eigenvalue weighted by Crippen LogP contribution is 2.98. The summed E-state index contributed by atoms with van der Waals surface area (Å²) in [6.45, 7) is 0. The molecule has 0 amide bonds. The molecule has 0 saturated carbocycles. The van der Waals surface area contributed by atoms with E-state index in [0.717, 1.165) is 0 Å². The topological polar surface area (TPSA) is 0 Å². The van der Waals surface area contributed by atoms with Crippen LogP contribution >= 0.6 is 26.2 Å². The van der Waals surface area contributed by atoms with Gasteiger partial charge in [-0.15, -0.1) is 0 Å². The summed E-state index contributed by atoms with van der Waals surface area (Å²) in [7, 11) is -9.27. The van der Waals surface area contributed by atoms with Gasteiger partial charge in [0.15, 0.2) is 0 Å². The van der Waals surface area contributed by atoms with Crippen LogP contribution in [0.4, 0.5) is 19.4 Å². The quantitative estimate of drug-likeness (QED) is 0.506. The molecule has 0 aromatic heterocycles. The molecule has 0 aliphatic heterocycles. The Labute approximate surface area is 62.9 Å². The molecule has 64 valence electrons. The molecule has 0 radical (unpaired) electrons. The van der Waals surface area contributed by atoms with E-state index in [-0.39, 0.29) is 5.33 Å². The van der Waals surface area contributed by atoms with E-state index in [1.165, 1.54) is 0 Å². The van der Waals surface area contributed by atoms with Crippen LogP contribution in [0.25, 0.3) is 0 Å². The fourth-order valence-electron chi connectivity index (χ4n) is 0.218. The largest absolute Gasteiger partial charge is 0.304 e. The Hall–Kier alpha value is 0.220. The molecule has 0 aliphatic rings. The molecule has 10 heavy (non-hydrogen) atoms. The molecule has 0 unspecified atom stereocenters. The fraction of sp³-hybridized carbons (Fsp3) is 0.333. The maximum Gasteiger partial charge on any atom is 0.304 e. The lowest BCUT2D eigenvalue weighted by molar-refractivity contribution is 0.384. The minimum absolute atomic E-state index is 0.238. The van der Waals surface area contributed by atoms with Crippen LogP contribution in [-0.4, -0.2) is 5.33 Å². The summed E-state index contributed by atoms with van der Waals surface area (Å²) in [4.78, 5) is 0. The lowest BCUT2D eigenvalue weighted by atomic mass is 10.8. The van der Waals surface area contributed by atoms with E-state index in [9.17, 15) is 19.4 Å². The minimum Gasteiger partial charge on any atom is -0.0942 e. The van der Waals surface area contributed by atoms with Crippen molar-refractivity contribution < 1.29 is 19.4 Å². The fourth-order valence-corrected chi connectivity index (χ4v) is 1.11. The summed E-state index contributed by atoms with van der Waals surface area (Å²) in [6, 6.07) is 0. The number of alkyl halides is 1. The first kappa shape index (κ1) is 10.2. The molecule has 0 fully saturated rings. The van der Waals surface area contributed by atoms with Crippen molar-refractivity contribution in [3.8, 4) is 0 Å². The first-order valence-electron chi connectivity index (χ1n) is 2.02. The zero-order chi connectivity index (χ0) is 8.53. The molecular weight excluding hydrogens is 243 g/mol. The summed E-state index contributed by atoms with van der Waals surface area (Å²) < 4.78 is 56.5. The van der Waals surface area contributed by atoms with Crippen LogP contribution in [0.2, 0.25) is 0 Å². The van der Waals surface area contributed by atoms with Gasteiger partial charge >= 0.3 is 10.2 Å². The Kier molecular flexibility index (Phi) is 1.92. The van der Waals surface area contributed by atoms with Crippen LogP contribution in [0.1, 0.15) is 0 Å². The van der Waals surface area contributed by atoms with E-state index in [0.29, 0.717) is 6.08 Å². The van der Waals surface area contributed by atoms with Gasteiger partial charge in [0.2, 0.25) is 0 Å². The first-order chi connectivity index (χ1) is 4.04. The van der Waals surface area contributed by atoms with Crippen LogP contribution < -0.4 is 0 Å². The molecule has 0 bridgehead atoms. The Morgan fingerprint density at radius 2 is 1.50 bits per heavy atom. The highest BCUT2D eigenvalue weighted by Gasteiger charge is 2.60. The van der Waals surface area contributed by atoms with Crippen molar-refractivity contribution >= 4 is 26.2 Å². The molecular formula is C3H4BrF5S. The van der Waals surface area contributed by atoms with Gasteiger partial charge in [-0.05, 0) is 0 Å². The van der Waals surface area contributed by atoms with Crippen LogP contribution in [0, 0.1) is 0 Å². The van der Waals surface area contributed by atoms with Crippen molar-refractivity contribution in [3.05, 3.63) is 11.5 Å². The molecule has 0 aliphatic carbocycles. The van der Waals surface area contributed by atoms with Gasteiger partial charge in [-0.3, -0.25) is 0 Å². The predicted molar refractivity (Wildman–Crippen MR) is 36.1 cm³/mol. The summed E-state index contributed by atoms with van der Waals surface area (Å²) in [5.41, 5.74) is 0. The average Bonchev–Trinajstić information content (AvgIpc) is 1.55. The molecule has 7 heteroatoms. The van der Waals surface area contributed by atoms with Crippen molar-refractivity contribution in [1.29, 1.82) is 0 Å². The maximum atomic E-state index is 11.3. The number of hydrogen-bond donors (Lipinski definition) is 0. The molecule has 0 N–H and O–H groups in total. The Bertz CT molecular complexity index is 153. The highest BCUT2D eigenvalue weighted by molar-refractivity contribution is 9.09. The minimum atomic E-state index is -9.27. The smallest absolute Gasteiger partial charge is 0.0942 e. The van der Waals surface area contributed by atoms with E-state index in [2.05, 4.69) is 15.9 Å². The van der Waals surface area contributed by atoms with Crippen LogP contribution in [0.3, 0.4) is 0 Å². The molecule has 0 aromatic carbocycles. The molecule has 0 rings (SSSR count). The summed E-state index contributed by atoms with van der Waals surface area (Å²) in [5.74, 6) is 0. The molecule has 0 spiro atoms. The monoisotopic (exact) mass is 246 g/mol. The second kappa shape index (κ2) is 1.88. The van der Waals surface area contributed by atoms with E-state index in [1.807, 2.05) is 0 Å².